The Morgan fingerprint density at radius 2 is 1.48 bits per heavy atom. The molecular formula is C27H19N5O. The minimum atomic E-state index is -0.263. The van der Waals surface area contributed by atoms with E-state index in [1.54, 1.807) is 12.7 Å². The molecule has 0 fully saturated rings. The smallest absolute Gasteiger partial charge is 0.203 e. The maximum atomic E-state index is 6.66. The van der Waals surface area contributed by atoms with Crippen molar-refractivity contribution in [1.82, 2.24) is 24.5 Å². The first-order valence-corrected chi connectivity index (χ1v) is 10.8. The van der Waals surface area contributed by atoms with E-state index in [-0.39, 0.29) is 6.23 Å². The van der Waals surface area contributed by atoms with E-state index in [0.717, 1.165) is 56.0 Å². The fourth-order valence-corrected chi connectivity index (χ4v) is 4.70. The van der Waals surface area contributed by atoms with Gasteiger partial charge in [0.15, 0.2) is 0 Å². The van der Waals surface area contributed by atoms with Crippen molar-refractivity contribution in [2.45, 2.75) is 6.23 Å². The molecule has 3 aromatic carbocycles. The third-order valence-corrected chi connectivity index (χ3v) is 6.27. The molecule has 6 aromatic rings. The van der Waals surface area contributed by atoms with Crippen molar-refractivity contribution in [3.63, 3.8) is 0 Å². The normalized spacial score (nSPS) is 14.6. The Labute approximate surface area is 189 Å². The lowest BCUT2D eigenvalue weighted by Crippen LogP contribution is -2.22. The number of nitrogens with one attached hydrogen (secondary N) is 2. The van der Waals surface area contributed by atoms with Crippen molar-refractivity contribution in [2.24, 2.45) is 0 Å². The van der Waals surface area contributed by atoms with Gasteiger partial charge >= 0.3 is 0 Å². The number of aromatic amines is 2. The van der Waals surface area contributed by atoms with Crippen LogP contribution in [-0.4, -0.2) is 24.5 Å². The second-order valence-electron chi connectivity index (χ2n) is 8.20. The van der Waals surface area contributed by atoms with Gasteiger partial charge in [0.25, 0.3) is 0 Å². The van der Waals surface area contributed by atoms with E-state index in [1.165, 1.54) is 0 Å². The Kier molecular flexibility index (Phi) is 3.81. The van der Waals surface area contributed by atoms with Crippen LogP contribution in [0.4, 0.5) is 0 Å². The molecule has 2 N–H and O–H groups in total. The highest BCUT2D eigenvalue weighted by Gasteiger charge is 2.29. The molecule has 0 radical (unpaired) electrons. The van der Waals surface area contributed by atoms with Crippen LogP contribution in [0, 0.1) is 0 Å². The molecule has 0 saturated heterocycles. The average Bonchev–Trinajstić information content (AvgIpc) is 3.64. The molecule has 7 rings (SSSR count). The van der Waals surface area contributed by atoms with Crippen LogP contribution in [0.5, 0.6) is 5.75 Å². The van der Waals surface area contributed by atoms with Crippen molar-refractivity contribution in [2.75, 3.05) is 0 Å². The van der Waals surface area contributed by atoms with Gasteiger partial charge in [0.2, 0.25) is 6.23 Å². The van der Waals surface area contributed by atoms with Crippen LogP contribution in [0.1, 0.15) is 11.8 Å². The van der Waals surface area contributed by atoms with E-state index >= 15 is 0 Å². The number of hydrogen-bond acceptors (Lipinski definition) is 3. The SMILES string of the molecule is c1ccc([C@@H]2Oc3cc(-c4cnc[nH]4)ccc3-c3cc4cc(-c5cnc[nH]5)ccc4n32)cc1. The summed E-state index contributed by atoms with van der Waals surface area (Å²) in [6, 6.07) is 25.4. The molecule has 6 nitrogen and oxygen atoms in total. The third-order valence-electron chi connectivity index (χ3n) is 6.27. The van der Waals surface area contributed by atoms with Gasteiger partial charge < -0.3 is 19.3 Å². The van der Waals surface area contributed by atoms with Crippen molar-refractivity contribution < 1.29 is 4.74 Å². The number of ether oxygens (including phenoxy) is 1. The molecule has 1 atom stereocenters. The minimum absolute atomic E-state index is 0.263. The van der Waals surface area contributed by atoms with Crippen molar-refractivity contribution in [3.05, 3.63) is 103 Å². The second-order valence-corrected chi connectivity index (χ2v) is 8.20. The third kappa shape index (κ3) is 2.81. The second kappa shape index (κ2) is 6.97. The Balaban J connectivity index is 1.46. The minimum Gasteiger partial charge on any atom is -0.465 e. The fourth-order valence-electron chi connectivity index (χ4n) is 4.70. The number of H-pyrrole nitrogens is 2. The Hall–Kier alpha value is -4.58. The molecule has 0 aliphatic carbocycles. The van der Waals surface area contributed by atoms with Gasteiger partial charge in [0.1, 0.15) is 5.75 Å². The van der Waals surface area contributed by atoms with Crippen LogP contribution < -0.4 is 4.74 Å². The van der Waals surface area contributed by atoms with Gasteiger partial charge in [-0.25, -0.2) is 9.97 Å². The Morgan fingerprint density at radius 1 is 0.758 bits per heavy atom. The zero-order chi connectivity index (χ0) is 21.8. The number of aromatic nitrogens is 5. The molecule has 33 heavy (non-hydrogen) atoms. The lowest BCUT2D eigenvalue weighted by molar-refractivity contribution is 0.173. The van der Waals surface area contributed by atoms with Crippen molar-refractivity contribution in [3.8, 4) is 39.5 Å². The van der Waals surface area contributed by atoms with Crippen LogP contribution in [0.15, 0.2) is 97.8 Å². The van der Waals surface area contributed by atoms with Gasteiger partial charge in [-0.3, -0.25) is 0 Å². The van der Waals surface area contributed by atoms with Crippen LogP contribution in [0.3, 0.4) is 0 Å². The van der Waals surface area contributed by atoms with Gasteiger partial charge in [0.05, 0.1) is 47.6 Å². The van der Waals surface area contributed by atoms with E-state index < -0.39 is 0 Å². The predicted molar refractivity (Wildman–Crippen MR) is 128 cm³/mol. The molecular weight excluding hydrogens is 410 g/mol. The first kappa shape index (κ1) is 18.0. The van der Waals surface area contributed by atoms with E-state index in [0.29, 0.717) is 0 Å². The van der Waals surface area contributed by atoms with E-state index in [9.17, 15) is 0 Å². The zero-order valence-corrected chi connectivity index (χ0v) is 17.6. The molecule has 0 amide bonds. The van der Waals surface area contributed by atoms with Crippen LogP contribution in [-0.2, 0) is 0 Å². The number of hydrogen-bond donors (Lipinski definition) is 2. The summed E-state index contributed by atoms with van der Waals surface area (Å²) in [5.74, 6) is 0.861. The van der Waals surface area contributed by atoms with Gasteiger partial charge in [0, 0.05) is 27.6 Å². The van der Waals surface area contributed by atoms with Crippen molar-refractivity contribution >= 4 is 10.9 Å². The van der Waals surface area contributed by atoms with Crippen LogP contribution >= 0.6 is 0 Å². The summed E-state index contributed by atoms with van der Waals surface area (Å²) >= 11 is 0. The van der Waals surface area contributed by atoms with Gasteiger partial charge in [-0.2, -0.15) is 0 Å². The van der Waals surface area contributed by atoms with Gasteiger partial charge in [-0.05, 0) is 30.3 Å². The lowest BCUT2D eigenvalue weighted by Gasteiger charge is -2.30. The summed E-state index contributed by atoms with van der Waals surface area (Å²) in [5.41, 5.74) is 8.56. The molecule has 0 unspecified atom stereocenters. The molecule has 1 aliphatic rings. The largest absolute Gasteiger partial charge is 0.465 e. The number of benzene rings is 3. The van der Waals surface area contributed by atoms with Crippen molar-refractivity contribution in [1.29, 1.82) is 0 Å². The Bertz CT molecular complexity index is 1580. The Morgan fingerprint density at radius 3 is 2.21 bits per heavy atom. The summed E-state index contributed by atoms with van der Waals surface area (Å²) in [6.07, 6.45) is 6.81. The summed E-state index contributed by atoms with van der Waals surface area (Å²) in [4.78, 5) is 14.7. The molecule has 1 aliphatic heterocycles. The molecule has 0 spiro atoms. The quantitative estimate of drug-likeness (QED) is 0.361. The fraction of sp³-hybridized carbons (Fsp3) is 0.0370. The highest BCUT2D eigenvalue weighted by atomic mass is 16.5. The standard InChI is InChI=1S/C27H19N5O/c1-2-4-17(5-3-1)27-32-24-9-7-18(22-13-28-15-30-22)10-20(24)11-25(32)21-8-6-19(12-26(21)33-27)23-14-29-16-31-23/h1-16,27H,(H,28,30)(H,29,31)/t27-/m0/s1. The summed E-state index contributed by atoms with van der Waals surface area (Å²) in [6.45, 7) is 0. The molecule has 0 bridgehead atoms. The summed E-state index contributed by atoms with van der Waals surface area (Å²) in [5, 5.41) is 1.16. The van der Waals surface area contributed by atoms with Gasteiger partial charge in [-0.15, -0.1) is 0 Å². The molecule has 4 heterocycles. The maximum absolute atomic E-state index is 6.66. The molecule has 0 saturated carbocycles. The maximum Gasteiger partial charge on any atom is 0.203 e. The van der Waals surface area contributed by atoms with E-state index in [1.807, 2.05) is 18.5 Å². The summed E-state index contributed by atoms with van der Waals surface area (Å²) < 4.78 is 8.96. The number of fused-ring (bicyclic) bond motifs is 5. The average molecular weight is 429 g/mol. The molecule has 158 valence electrons. The van der Waals surface area contributed by atoms with Crippen LogP contribution in [0.25, 0.3) is 44.7 Å². The number of nitrogens with zero attached hydrogens (tertiary/aromatic N) is 3. The van der Waals surface area contributed by atoms with E-state index in [4.69, 9.17) is 4.74 Å². The monoisotopic (exact) mass is 429 g/mol. The number of imidazole rings is 2. The highest BCUT2D eigenvalue weighted by molar-refractivity contribution is 5.92. The summed E-state index contributed by atoms with van der Waals surface area (Å²) in [7, 11) is 0. The predicted octanol–water partition coefficient (Wildman–Crippen LogP) is 6.03. The highest BCUT2D eigenvalue weighted by Crippen LogP contribution is 2.45. The topological polar surface area (TPSA) is 71.5 Å². The molecule has 3 aromatic heterocycles. The first-order chi connectivity index (χ1) is 16.3. The zero-order valence-electron chi connectivity index (χ0n) is 17.6. The first-order valence-electron chi connectivity index (χ1n) is 10.8. The van der Waals surface area contributed by atoms with Crippen LogP contribution in [0.2, 0.25) is 0 Å². The number of rotatable bonds is 3. The van der Waals surface area contributed by atoms with E-state index in [2.05, 4.69) is 91.2 Å². The van der Waals surface area contributed by atoms with Gasteiger partial charge in [-0.1, -0.05) is 42.5 Å². The molecule has 6 heteroatoms. The lowest BCUT2D eigenvalue weighted by atomic mass is 10.0.